The summed E-state index contributed by atoms with van der Waals surface area (Å²) in [6, 6.07) is 21.0. The zero-order valence-electron chi connectivity index (χ0n) is 17.5. The van der Waals surface area contributed by atoms with Gasteiger partial charge in [0.15, 0.2) is 0 Å². The molecule has 28 heavy (non-hydrogen) atoms. The van der Waals surface area contributed by atoms with Crippen molar-refractivity contribution in [2.45, 2.75) is 52.5 Å². The summed E-state index contributed by atoms with van der Waals surface area (Å²) in [6.07, 6.45) is 1.01. The van der Waals surface area contributed by atoms with Gasteiger partial charge in [0.25, 0.3) is 0 Å². The van der Waals surface area contributed by atoms with Gasteiger partial charge in [-0.2, -0.15) is 4.98 Å². The van der Waals surface area contributed by atoms with Gasteiger partial charge in [0.1, 0.15) is 5.82 Å². The van der Waals surface area contributed by atoms with E-state index in [2.05, 4.69) is 86.6 Å². The Morgan fingerprint density at radius 1 is 0.929 bits per heavy atom. The van der Waals surface area contributed by atoms with Crippen LogP contribution in [0, 0.1) is 0 Å². The van der Waals surface area contributed by atoms with Gasteiger partial charge in [-0.15, -0.1) is 0 Å². The van der Waals surface area contributed by atoms with Gasteiger partial charge in [-0.3, -0.25) is 0 Å². The fourth-order valence-electron chi connectivity index (χ4n) is 2.86. The van der Waals surface area contributed by atoms with Gasteiger partial charge in [-0.1, -0.05) is 70.2 Å². The summed E-state index contributed by atoms with van der Waals surface area (Å²) in [5.41, 5.74) is 4.44. The van der Waals surface area contributed by atoms with Crippen LogP contribution >= 0.6 is 0 Å². The second-order valence-electron chi connectivity index (χ2n) is 8.23. The maximum Gasteiger partial charge on any atom is 0.225 e. The third-order valence-electron chi connectivity index (χ3n) is 4.81. The molecule has 0 spiro atoms. The number of nitrogens with one attached hydrogen (secondary N) is 2. The Balaban J connectivity index is 1.91. The van der Waals surface area contributed by atoms with Crippen LogP contribution in [-0.4, -0.2) is 16.0 Å². The standard InChI is InChI=1S/C24H30N4/c1-6-17(2)25-23-27-21(18-10-8-7-9-11-18)16-22(28-23)26-20-14-12-19(13-15-20)24(3,4)5/h7-17H,6H2,1-5H3,(H2,25,26,27,28)/t17-/m0/s1. The van der Waals surface area contributed by atoms with Crippen molar-refractivity contribution in [1.82, 2.24) is 9.97 Å². The van der Waals surface area contributed by atoms with E-state index >= 15 is 0 Å². The van der Waals surface area contributed by atoms with E-state index in [1.54, 1.807) is 0 Å². The predicted molar refractivity (Wildman–Crippen MR) is 119 cm³/mol. The first-order valence-electron chi connectivity index (χ1n) is 9.94. The lowest BCUT2D eigenvalue weighted by atomic mass is 9.87. The molecule has 2 N–H and O–H groups in total. The minimum Gasteiger partial charge on any atom is -0.352 e. The number of anilines is 3. The van der Waals surface area contributed by atoms with E-state index in [9.17, 15) is 0 Å². The summed E-state index contributed by atoms with van der Waals surface area (Å²) in [5.74, 6) is 1.42. The second-order valence-corrected chi connectivity index (χ2v) is 8.23. The molecule has 0 fully saturated rings. The zero-order valence-corrected chi connectivity index (χ0v) is 17.5. The summed E-state index contributed by atoms with van der Waals surface area (Å²) < 4.78 is 0. The lowest BCUT2D eigenvalue weighted by molar-refractivity contribution is 0.590. The van der Waals surface area contributed by atoms with Crippen LogP contribution in [0.5, 0.6) is 0 Å². The highest BCUT2D eigenvalue weighted by atomic mass is 15.2. The number of benzene rings is 2. The van der Waals surface area contributed by atoms with Gasteiger partial charge >= 0.3 is 0 Å². The minimum atomic E-state index is 0.140. The van der Waals surface area contributed by atoms with Crippen molar-refractivity contribution in [3.63, 3.8) is 0 Å². The summed E-state index contributed by atoms with van der Waals surface area (Å²) in [4.78, 5) is 9.40. The molecule has 0 radical (unpaired) electrons. The maximum absolute atomic E-state index is 4.72. The number of hydrogen-bond acceptors (Lipinski definition) is 4. The van der Waals surface area contributed by atoms with Crippen LogP contribution in [0.2, 0.25) is 0 Å². The van der Waals surface area contributed by atoms with Crippen molar-refractivity contribution >= 4 is 17.5 Å². The largest absolute Gasteiger partial charge is 0.352 e. The van der Waals surface area contributed by atoms with Gasteiger partial charge in [0.05, 0.1) is 5.69 Å². The van der Waals surface area contributed by atoms with Crippen LogP contribution in [0.15, 0.2) is 60.7 Å². The van der Waals surface area contributed by atoms with Gasteiger partial charge in [0.2, 0.25) is 5.95 Å². The average molecular weight is 375 g/mol. The molecule has 0 aliphatic rings. The molecule has 0 unspecified atom stereocenters. The third kappa shape index (κ3) is 5.10. The molecule has 1 heterocycles. The van der Waals surface area contributed by atoms with Crippen molar-refractivity contribution in [3.05, 3.63) is 66.2 Å². The van der Waals surface area contributed by atoms with Crippen LogP contribution in [-0.2, 0) is 5.41 Å². The highest BCUT2D eigenvalue weighted by Crippen LogP contribution is 2.26. The van der Waals surface area contributed by atoms with E-state index in [4.69, 9.17) is 4.98 Å². The highest BCUT2D eigenvalue weighted by Gasteiger charge is 2.13. The molecule has 3 aromatic rings. The zero-order chi connectivity index (χ0) is 20.1. The first-order chi connectivity index (χ1) is 13.3. The van der Waals surface area contributed by atoms with Crippen LogP contribution in [0.25, 0.3) is 11.3 Å². The predicted octanol–water partition coefficient (Wildman–Crippen LogP) is 6.40. The van der Waals surface area contributed by atoms with E-state index in [-0.39, 0.29) is 5.41 Å². The smallest absolute Gasteiger partial charge is 0.225 e. The Labute approximate surface area is 168 Å². The van der Waals surface area contributed by atoms with Gasteiger partial charge in [0, 0.05) is 23.4 Å². The van der Waals surface area contributed by atoms with E-state index in [1.165, 1.54) is 5.56 Å². The van der Waals surface area contributed by atoms with E-state index in [0.29, 0.717) is 12.0 Å². The molecule has 0 saturated carbocycles. The Bertz CT molecular complexity index is 896. The highest BCUT2D eigenvalue weighted by molar-refractivity contribution is 5.67. The third-order valence-corrected chi connectivity index (χ3v) is 4.81. The normalized spacial score (nSPS) is 12.5. The van der Waals surface area contributed by atoms with Crippen molar-refractivity contribution in [2.75, 3.05) is 10.6 Å². The van der Waals surface area contributed by atoms with Crippen LogP contribution in [0.4, 0.5) is 17.5 Å². The van der Waals surface area contributed by atoms with Gasteiger partial charge < -0.3 is 10.6 Å². The SMILES string of the molecule is CC[C@H](C)Nc1nc(Nc2ccc(C(C)(C)C)cc2)cc(-c2ccccc2)n1. The molecular weight excluding hydrogens is 344 g/mol. The van der Waals surface area contributed by atoms with Crippen molar-refractivity contribution in [3.8, 4) is 11.3 Å². The molecule has 0 amide bonds. The number of rotatable bonds is 6. The van der Waals surface area contributed by atoms with Crippen LogP contribution in [0.3, 0.4) is 0 Å². The van der Waals surface area contributed by atoms with Crippen LogP contribution in [0.1, 0.15) is 46.6 Å². The molecule has 146 valence electrons. The molecule has 0 aliphatic heterocycles. The fraction of sp³-hybridized carbons (Fsp3) is 0.333. The molecule has 0 bridgehead atoms. The number of aromatic nitrogens is 2. The van der Waals surface area contributed by atoms with Crippen molar-refractivity contribution in [1.29, 1.82) is 0 Å². The molecule has 1 atom stereocenters. The Morgan fingerprint density at radius 2 is 1.61 bits per heavy atom. The van der Waals surface area contributed by atoms with Crippen LogP contribution < -0.4 is 10.6 Å². The summed E-state index contributed by atoms with van der Waals surface area (Å²) in [7, 11) is 0. The molecule has 4 heteroatoms. The molecular formula is C24H30N4. The molecule has 0 aliphatic carbocycles. The maximum atomic E-state index is 4.72. The molecule has 2 aromatic carbocycles. The molecule has 3 rings (SSSR count). The van der Waals surface area contributed by atoms with E-state index < -0.39 is 0 Å². The minimum absolute atomic E-state index is 0.140. The van der Waals surface area contributed by atoms with E-state index in [0.717, 1.165) is 29.2 Å². The fourth-order valence-corrected chi connectivity index (χ4v) is 2.86. The lowest BCUT2D eigenvalue weighted by Crippen LogP contribution is -2.16. The lowest BCUT2D eigenvalue weighted by Gasteiger charge is -2.19. The topological polar surface area (TPSA) is 49.8 Å². The Morgan fingerprint density at radius 3 is 2.21 bits per heavy atom. The summed E-state index contributed by atoms with van der Waals surface area (Å²) in [6.45, 7) is 10.9. The monoisotopic (exact) mass is 374 g/mol. The summed E-state index contributed by atoms with van der Waals surface area (Å²) >= 11 is 0. The number of nitrogens with zero attached hydrogens (tertiary/aromatic N) is 2. The average Bonchev–Trinajstić information content (AvgIpc) is 2.68. The second kappa shape index (κ2) is 8.42. The molecule has 4 nitrogen and oxygen atoms in total. The Hall–Kier alpha value is -2.88. The van der Waals surface area contributed by atoms with Crippen molar-refractivity contribution < 1.29 is 0 Å². The van der Waals surface area contributed by atoms with Crippen molar-refractivity contribution in [2.24, 2.45) is 0 Å². The van der Waals surface area contributed by atoms with Gasteiger partial charge in [-0.25, -0.2) is 4.98 Å². The first kappa shape index (κ1) is 19.9. The molecule has 0 saturated heterocycles. The number of hydrogen-bond donors (Lipinski definition) is 2. The summed E-state index contributed by atoms with van der Waals surface area (Å²) in [5, 5.41) is 6.83. The quantitative estimate of drug-likeness (QED) is 0.524. The molecule has 1 aromatic heterocycles. The van der Waals surface area contributed by atoms with Gasteiger partial charge in [-0.05, 0) is 36.5 Å². The Kier molecular flexibility index (Phi) is 5.98. The van der Waals surface area contributed by atoms with E-state index in [1.807, 2.05) is 24.3 Å². The first-order valence-corrected chi connectivity index (χ1v) is 9.94.